The molecule has 18 heavy (non-hydrogen) atoms. The van der Waals surface area contributed by atoms with Crippen molar-refractivity contribution < 1.29 is 9.90 Å². The number of rotatable bonds is 3. The highest BCUT2D eigenvalue weighted by Crippen LogP contribution is 2.29. The molecule has 2 rings (SSSR count). The highest BCUT2D eigenvalue weighted by molar-refractivity contribution is 6.30. The Morgan fingerprint density at radius 2 is 1.67 bits per heavy atom. The summed E-state index contributed by atoms with van der Waals surface area (Å²) in [5, 5.41) is 11.1. The topological polar surface area (TPSA) is 37.3 Å². The smallest absolute Gasteiger partial charge is 0.168 e. The number of carbonyl (C=O) groups excluding carboxylic acids is 1. The van der Waals surface area contributed by atoms with Crippen LogP contribution in [-0.2, 0) is 11.2 Å². The molecule has 98 valence electrons. The maximum atomic E-state index is 12.2. The first-order valence-electron chi connectivity index (χ1n) is 6.60. The summed E-state index contributed by atoms with van der Waals surface area (Å²) in [7, 11) is 0. The van der Waals surface area contributed by atoms with Crippen molar-refractivity contribution in [3.8, 4) is 0 Å². The number of hydrogen-bond acceptors (Lipinski definition) is 2. The van der Waals surface area contributed by atoms with Gasteiger partial charge >= 0.3 is 0 Å². The summed E-state index contributed by atoms with van der Waals surface area (Å²) in [6.45, 7) is 0. The van der Waals surface area contributed by atoms with Crippen molar-refractivity contribution in [2.45, 2.75) is 50.5 Å². The first-order chi connectivity index (χ1) is 8.60. The molecule has 2 nitrogen and oxygen atoms in total. The van der Waals surface area contributed by atoms with Gasteiger partial charge in [0.2, 0.25) is 0 Å². The van der Waals surface area contributed by atoms with E-state index in [0.29, 0.717) is 24.3 Å². The molecule has 0 unspecified atom stereocenters. The standard InChI is InChI=1S/C15H19ClO2/c16-13-7-5-12(6-8-13)11-14(17)15(18)9-3-1-2-4-10-15/h5-8,18H,1-4,9-11H2. The van der Waals surface area contributed by atoms with Gasteiger partial charge in [0.1, 0.15) is 5.60 Å². The maximum absolute atomic E-state index is 12.2. The molecular weight excluding hydrogens is 248 g/mol. The van der Waals surface area contributed by atoms with Gasteiger partial charge in [-0.15, -0.1) is 0 Å². The third kappa shape index (κ3) is 3.33. The molecule has 0 atom stereocenters. The molecule has 3 heteroatoms. The van der Waals surface area contributed by atoms with Crippen LogP contribution in [0.2, 0.25) is 5.02 Å². The van der Waals surface area contributed by atoms with E-state index in [1.54, 1.807) is 12.1 Å². The molecule has 1 N–H and O–H groups in total. The van der Waals surface area contributed by atoms with Gasteiger partial charge in [0, 0.05) is 11.4 Å². The van der Waals surface area contributed by atoms with E-state index in [1.807, 2.05) is 12.1 Å². The quantitative estimate of drug-likeness (QED) is 0.850. The van der Waals surface area contributed by atoms with E-state index in [1.165, 1.54) is 0 Å². The fourth-order valence-corrected chi connectivity index (χ4v) is 2.67. The van der Waals surface area contributed by atoms with E-state index >= 15 is 0 Å². The van der Waals surface area contributed by atoms with Gasteiger partial charge in [0.15, 0.2) is 5.78 Å². The van der Waals surface area contributed by atoms with Gasteiger partial charge in [-0.1, -0.05) is 49.4 Å². The zero-order valence-electron chi connectivity index (χ0n) is 10.5. The summed E-state index contributed by atoms with van der Waals surface area (Å²) in [5.41, 5.74) is -0.182. The first-order valence-corrected chi connectivity index (χ1v) is 6.98. The van der Waals surface area contributed by atoms with Crippen LogP contribution in [-0.4, -0.2) is 16.5 Å². The van der Waals surface area contributed by atoms with E-state index in [4.69, 9.17) is 11.6 Å². The normalized spacial score (nSPS) is 19.2. The molecule has 1 aromatic rings. The van der Waals surface area contributed by atoms with Gasteiger partial charge in [-0.05, 0) is 30.5 Å². The van der Waals surface area contributed by atoms with E-state index in [9.17, 15) is 9.90 Å². The van der Waals surface area contributed by atoms with Crippen LogP contribution in [0.4, 0.5) is 0 Å². The van der Waals surface area contributed by atoms with E-state index in [0.717, 1.165) is 31.2 Å². The van der Waals surface area contributed by atoms with Crippen LogP contribution in [0.15, 0.2) is 24.3 Å². The van der Waals surface area contributed by atoms with Crippen LogP contribution in [0.1, 0.15) is 44.1 Å². The SMILES string of the molecule is O=C(Cc1ccc(Cl)cc1)C1(O)CCCCCC1. The molecule has 1 aliphatic carbocycles. The highest BCUT2D eigenvalue weighted by atomic mass is 35.5. The molecule has 0 spiro atoms. The number of carbonyl (C=O) groups is 1. The third-order valence-corrected chi connectivity index (χ3v) is 3.98. The lowest BCUT2D eigenvalue weighted by Crippen LogP contribution is -2.39. The number of halogens is 1. The molecule has 0 saturated heterocycles. The van der Waals surface area contributed by atoms with Crippen molar-refractivity contribution in [1.29, 1.82) is 0 Å². The van der Waals surface area contributed by atoms with Crippen molar-refractivity contribution in [2.75, 3.05) is 0 Å². The second-order valence-electron chi connectivity index (χ2n) is 5.17. The summed E-state index contributed by atoms with van der Waals surface area (Å²) in [6, 6.07) is 7.25. The largest absolute Gasteiger partial charge is 0.382 e. The number of hydrogen-bond donors (Lipinski definition) is 1. The Balaban J connectivity index is 2.03. The summed E-state index contributed by atoms with van der Waals surface area (Å²) >= 11 is 5.81. The van der Waals surface area contributed by atoms with Crippen LogP contribution < -0.4 is 0 Å². The van der Waals surface area contributed by atoms with E-state index < -0.39 is 5.60 Å². The average Bonchev–Trinajstić information content (AvgIpc) is 2.58. The molecule has 0 heterocycles. The van der Waals surface area contributed by atoms with E-state index in [-0.39, 0.29) is 5.78 Å². The Morgan fingerprint density at radius 3 is 2.22 bits per heavy atom. The van der Waals surface area contributed by atoms with Crippen LogP contribution in [0, 0.1) is 0 Å². The van der Waals surface area contributed by atoms with E-state index in [2.05, 4.69) is 0 Å². The Hall–Kier alpha value is -0.860. The van der Waals surface area contributed by atoms with Gasteiger partial charge in [-0.3, -0.25) is 4.79 Å². The second kappa shape index (κ2) is 5.85. The number of benzene rings is 1. The molecule has 1 aromatic carbocycles. The molecule has 0 bridgehead atoms. The van der Waals surface area contributed by atoms with Crippen LogP contribution in [0.3, 0.4) is 0 Å². The fraction of sp³-hybridized carbons (Fsp3) is 0.533. The molecule has 0 amide bonds. The fourth-order valence-electron chi connectivity index (χ4n) is 2.54. The lowest BCUT2D eigenvalue weighted by atomic mass is 9.86. The summed E-state index contributed by atoms with van der Waals surface area (Å²) in [5.74, 6) is -0.0493. The minimum atomic E-state index is -1.10. The minimum absolute atomic E-state index is 0.0493. The third-order valence-electron chi connectivity index (χ3n) is 3.73. The Bertz CT molecular complexity index is 403. The summed E-state index contributed by atoms with van der Waals surface area (Å²) in [4.78, 5) is 12.2. The summed E-state index contributed by atoms with van der Waals surface area (Å²) in [6.07, 6.45) is 5.66. The molecular formula is C15H19ClO2. The molecule has 1 saturated carbocycles. The monoisotopic (exact) mass is 266 g/mol. The van der Waals surface area contributed by atoms with Gasteiger partial charge in [-0.2, -0.15) is 0 Å². The van der Waals surface area contributed by atoms with Crippen molar-refractivity contribution in [1.82, 2.24) is 0 Å². The molecule has 1 fully saturated rings. The lowest BCUT2D eigenvalue weighted by Gasteiger charge is -2.24. The maximum Gasteiger partial charge on any atom is 0.168 e. The van der Waals surface area contributed by atoms with Crippen molar-refractivity contribution >= 4 is 17.4 Å². The zero-order chi connectivity index (χ0) is 13.0. The van der Waals surface area contributed by atoms with Gasteiger partial charge in [0.25, 0.3) is 0 Å². The van der Waals surface area contributed by atoms with Crippen molar-refractivity contribution in [2.24, 2.45) is 0 Å². The van der Waals surface area contributed by atoms with Crippen molar-refractivity contribution in [3.05, 3.63) is 34.9 Å². The van der Waals surface area contributed by atoms with Crippen molar-refractivity contribution in [3.63, 3.8) is 0 Å². The highest BCUT2D eigenvalue weighted by Gasteiger charge is 2.35. The zero-order valence-corrected chi connectivity index (χ0v) is 11.2. The summed E-state index contributed by atoms with van der Waals surface area (Å²) < 4.78 is 0. The van der Waals surface area contributed by atoms with Crippen LogP contribution in [0.5, 0.6) is 0 Å². The first kappa shape index (κ1) is 13.6. The average molecular weight is 267 g/mol. The second-order valence-corrected chi connectivity index (χ2v) is 5.61. The van der Waals surface area contributed by atoms with Crippen LogP contribution >= 0.6 is 11.6 Å². The van der Waals surface area contributed by atoms with Crippen LogP contribution in [0.25, 0.3) is 0 Å². The molecule has 0 aromatic heterocycles. The molecule has 0 aliphatic heterocycles. The minimum Gasteiger partial charge on any atom is -0.382 e. The Labute approximate surface area is 113 Å². The Kier molecular flexibility index (Phi) is 4.41. The van der Waals surface area contributed by atoms with Gasteiger partial charge < -0.3 is 5.11 Å². The number of aliphatic hydroxyl groups is 1. The Morgan fingerprint density at radius 1 is 1.11 bits per heavy atom. The predicted octanol–water partition coefficient (Wildman–Crippen LogP) is 3.54. The molecule has 0 radical (unpaired) electrons. The lowest BCUT2D eigenvalue weighted by molar-refractivity contribution is -0.138. The number of ketones is 1. The molecule has 1 aliphatic rings. The van der Waals surface area contributed by atoms with Gasteiger partial charge in [-0.25, -0.2) is 0 Å². The van der Waals surface area contributed by atoms with Gasteiger partial charge in [0.05, 0.1) is 0 Å². The number of Topliss-reactive ketones (excluding diaryl/α,β-unsaturated/α-hetero) is 1. The predicted molar refractivity (Wildman–Crippen MR) is 72.8 cm³/mol.